The smallest absolute Gasteiger partial charge is 0.251 e. The molecule has 2 unspecified atom stereocenters. The van der Waals surface area contributed by atoms with Gasteiger partial charge in [0.2, 0.25) is 10.0 Å². The first-order valence-corrected chi connectivity index (χ1v) is 8.89. The maximum atomic E-state index is 12.1. The van der Waals surface area contributed by atoms with E-state index in [1.165, 1.54) is 24.3 Å². The molecular formula is C15H26ClN3O3S. The Hall–Kier alpha value is -1.15. The topological polar surface area (TPSA) is 101 Å². The first-order chi connectivity index (χ1) is 10.3. The van der Waals surface area contributed by atoms with E-state index in [2.05, 4.69) is 10.0 Å². The normalized spacial score (nSPS) is 13.7. The molecule has 132 valence electrons. The number of nitrogens with one attached hydrogen (secondary N) is 2. The van der Waals surface area contributed by atoms with Crippen molar-refractivity contribution in [2.75, 3.05) is 13.1 Å². The van der Waals surface area contributed by atoms with E-state index in [1.54, 1.807) is 6.92 Å². The summed E-state index contributed by atoms with van der Waals surface area (Å²) in [7, 11) is -3.54. The number of amides is 1. The highest BCUT2D eigenvalue weighted by molar-refractivity contribution is 7.89. The summed E-state index contributed by atoms with van der Waals surface area (Å²) >= 11 is 0. The first kappa shape index (κ1) is 21.9. The molecule has 1 rings (SSSR count). The molecule has 23 heavy (non-hydrogen) atoms. The van der Waals surface area contributed by atoms with Gasteiger partial charge in [0.05, 0.1) is 4.90 Å². The molecule has 2 atom stereocenters. The summed E-state index contributed by atoms with van der Waals surface area (Å²) < 4.78 is 26.8. The lowest BCUT2D eigenvalue weighted by atomic mass is 10.1. The van der Waals surface area contributed by atoms with Crippen LogP contribution in [0.25, 0.3) is 0 Å². The minimum absolute atomic E-state index is 0. The Morgan fingerprint density at radius 2 is 1.78 bits per heavy atom. The van der Waals surface area contributed by atoms with Crippen LogP contribution in [0.15, 0.2) is 29.2 Å². The van der Waals surface area contributed by atoms with E-state index in [9.17, 15) is 13.2 Å². The van der Waals surface area contributed by atoms with E-state index in [0.717, 1.165) is 0 Å². The molecule has 1 aromatic rings. The average molecular weight is 364 g/mol. The van der Waals surface area contributed by atoms with E-state index in [4.69, 9.17) is 5.73 Å². The molecule has 1 aromatic carbocycles. The van der Waals surface area contributed by atoms with Crippen LogP contribution in [0.4, 0.5) is 0 Å². The molecule has 4 N–H and O–H groups in total. The third-order valence-corrected chi connectivity index (χ3v) is 5.01. The summed E-state index contributed by atoms with van der Waals surface area (Å²) in [5, 5.41) is 2.77. The number of sulfonamides is 1. The molecule has 0 bridgehead atoms. The maximum absolute atomic E-state index is 12.1. The van der Waals surface area contributed by atoms with Gasteiger partial charge in [0.1, 0.15) is 0 Å². The zero-order valence-corrected chi connectivity index (χ0v) is 15.3. The number of hydrogen-bond donors (Lipinski definition) is 3. The zero-order chi connectivity index (χ0) is 16.8. The maximum Gasteiger partial charge on any atom is 0.251 e. The van der Waals surface area contributed by atoms with Crippen LogP contribution < -0.4 is 15.8 Å². The predicted octanol–water partition coefficient (Wildman–Crippen LogP) is 1.51. The molecule has 6 nitrogen and oxygen atoms in total. The molecule has 0 saturated heterocycles. The van der Waals surface area contributed by atoms with Crippen LogP contribution in [0.2, 0.25) is 0 Å². The van der Waals surface area contributed by atoms with Gasteiger partial charge in [-0.15, -0.1) is 12.4 Å². The molecule has 0 fully saturated rings. The van der Waals surface area contributed by atoms with Crippen LogP contribution in [0.1, 0.15) is 37.6 Å². The second-order valence-electron chi connectivity index (χ2n) is 5.51. The number of rotatable bonds is 8. The molecule has 0 heterocycles. The largest absolute Gasteiger partial charge is 0.352 e. The molecule has 0 aliphatic carbocycles. The van der Waals surface area contributed by atoms with Crippen LogP contribution in [-0.2, 0) is 10.0 Å². The number of hydrogen-bond acceptors (Lipinski definition) is 4. The highest BCUT2D eigenvalue weighted by Crippen LogP contribution is 2.11. The standard InChI is InChI=1S/C15H25N3O3S.ClH/c1-4-12(3)18-22(20,21)14-7-5-13(6-8-14)15(19)17-10-11(2)9-16;/h5-8,11-12,18H,4,9-10,16H2,1-3H3,(H,17,19);1H. The number of halogens is 1. The summed E-state index contributed by atoms with van der Waals surface area (Å²) in [6.07, 6.45) is 0.707. The second-order valence-corrected chi connectivity index (χ2v) is 7.22. The average Bonchev–Trinajstić information content (AvgIpc) is 2.51. The lowest BCUT2D eigenvalue weighted by Crippen LogP contribution is -2.32. The van der Waals surface area contributed by atoms with Gasteiger partial charge in [-0.05, 0) is 50.1 Å². The Morgan fingerprint density at radius 3 is 2.26 bits per heavy atom. The monoisotopic (exact) mass is 363 g/mol. The first-order valence-electron chi connectivity index (χ1n) is 7.40. The summed E-state index contributed by atoms with van der Waals surface area (Å²) in [4.78, 5) is 12.1. The third kappa shape index (κ3) is 6.87. The molecule has 0 aliphatic rings. The van der Waals surface area contributed by atoms with Crippen LogP contribution >= 0.6 is 12.4 Å². The van der Waals surface area contributed by atoms with Crippen LogP contribution in [-0.4, -0.2) is 33.5 Å². The fourth-order valence-electron chi connectivity index (χ4n) is 1.65. The molecule has 8 heteroatoms. The molecule has 0 radical (unpaired) electrons. The van der Waals surface area contributed by atoms with Gasteiger partial charge in [-0.1, -0.05) is 13.8 Å². The quantitative estimate of drug-likeness (QED) is 0.651. The molecule has 1 amide bonds. The fourth-order valence-corrected chi connectivity index (χ4v) is 2.98. The van der Waals surface area contributed by atoms with Gasteiger partial charge in [0.25, 0.3) is 5.91 Å². The van der Waals surface area contributed by atoms with E-state index in [1.807, 2.05) is 13.8 Å². The van der Waals surface area contributed by atoms with Crippen molar-refractivity contribution < 1.29 is 13.2 Å². The van der Waals surface area contributed by atoms with Crippen molar-refractivity contribution in [3.05, 3.63) is 29.8 Å². The lowest BCUT2D eigenvalue weighted by molar-refractivity contribution is 0.0948. The van der Waals surface area contributed by atoms with Crippen molar-refractivity contribution in [1.29, 1.82) is 0 Å². The third-order valence-electron chi connectivity index (χ3n) is 3.41. The molecule has 0 spiro atoms. The Balaban J connectivity index is 0.00000484. The number of benzene rings is 1. The predicted molar refractivity (Wildman–Crippen MR) is 94.3 cm³/mol. The zero-order valence-electron chi connectivity index (χ0n) is 13.7. The van der Waals surface area contributed by atoms with Gasteiger partial charge in [-0.2, -0.15) is 0 Å². The van der Waals surface area contributed by atoms with Crippen molar-refractivity contribution in [3.8, 4) is 0 Å². The molecule has 0 aromatic heterocycles. The van der Waals surface area contributed by atoms with Crippen molar-refractivity contribution >= 4 is 28.3 Å². The lowest BCUT2D eigenvalue weighted by Gasteiger charge is -2.13. The van der Waals surface area contributed by atoms with Gasteiger partial charge in [-0.25, -0.2) is 13.1 Å². The van der Waals surface area contributed by atoms with Crippen molar-refractivity contribution in [2.45, 2.75) is 38.1 Å². The van der Waals surface area contributed by atoms with Gasteiger partial charge in [0.15, 0.2) is 0 Å². The minimum Gasteiger partial charge on any atom is -0.352 e. The highest BCUT2D eigenvalue weighted by atomic mass is 35.5. The molecule has 0 saturated carbocycles. The number of carbonyl (C=O) groups is 1. The van der Waals surface area contributed by atoms with E-state index in [0.29, 0.717) is 25.1 Å². The SMILES string of the molecule is CCC(C)NS(=O)(=O)c1ccc(C(=O)NCC(C)CN)cc1.Cl. The van der Waals surface area contributed by atoms with Crippen molar-refractivity contribution in [2.24, 2.45) is 11.7 Å². The summed E-state index contributed by atoms with van der Waals surface area (Å²) in [5.41, 5.74) is 5.91. The number of carbonyl (C=O) groups excluding carboxylic acids is 1. The fraction of sp³-hybridized carbons (Fsp3) is 0.533. The van der Waals surface area contributed by atoms with Crippen molar-refractivity contribution in [1.82, 2.24) is 10.0 Å². The Morgan fingerprint density at radius 1 is 1.22 bits per heavy atom. The molecular weight excluding hydrogens is 338 g/mol. The van der Waals surface area contributed by atoms with E-state index < -0.39 is 10.0 Å². The van der Waals surface area contributed by atoms with Crippen LogP contribution in [0.5, 0.6) is 0 Å². The van der Waals surface area contributed by atoms with Crippen LogP contribution in [0.3, 0.4) is 0 Å². The second kappa shape index (κ2) is 9.87. The summed E-state index contributed by atoms with van der Waals surface area (Å²) in [6.45, 7) is 6.64. The van der Waals surface area contributed by atoms with Gasteiger partial charge >= 0.3 is 0 Å². The Kier molecular flexibility index (Phi) is 9.38. The van der Waals surface area contributed by atoms with Crippen molar-refractivity contribution in [3.63, 3.8) is 0 Å². The minimum atomic E-state index is -3.54. The summed E-state index contributed by atoms with van der Waals surface area (Å²) in [5.74, 6) is -0.0394. The van der Waals surface area contributed by atoms with Gasteiger partial charge in [0, 0.05) is 18.2 Å². The van der Waals surface area contributed by atoms with E-state index >= 15 is 0 Å². The van der Waals surface area contributed by atoms with Gasteiger partial charge in [-0.3, -0.25) is 4.79 Å². The highest BCUT2D eigenvalue weighted by Gasteiger charge is 2.17. The Bertz CT molecular complexity index is 590. The molecule has 0 aliphatic heterocycles. The number of nitrogens with two attached hydrogens (primary N) is 1. The Labute approximate surface area is 144 Å². The summed E-state index contributed by atoms with van der Waals surface area (Å²) in [6, 6.07) is 5.75. The van der Waals surface area contributed by atoms with Gasteiger partial charge < -0.3 is 11.1 Å². The van der Waals surface area contributed by atoms with E-state index in [-0.39, 0.29) is 35.2 Å². The van der Waals surface area contributed by atoms with Crippen LogP contribution in [0, 0.1) is 5.92 Å².